The number of halogens is 1. The Morgan fingerprint density at radius 2 is 1.72 bits per heavy atom. The molecule has 0 unspecified atom stereocenters. The van der Waals surface area contributed by atoms with Crippen molar-refractivity contribution in [1.29, 1.82) is 0 Å². The predicted octanol–water partition coefficient (Wildman–Crippen LogP) is 5.33. The van der Waals surface area contributed by atoms with Crippen LogP contribution in [0, 0.1) is 0 Å². The fourth-order valence-electron chi connectivity index (χ4n) is 3.16. The predicted molar refractivity (Wildman–Crippen MR) is 124 cm³/mol. The molecule has 1 heterocycles. The molecule has 0 aliphatic heterocycles. The first-order valence-corrected chi connectivity index (χ1v) is 10.1. The first kappa shape index (κ1) is 21.3. The van der Waals surface area contributed by atoms with Crippen LogP contribution in [0.15, 0.2) is 82.2 Å². The zero-order chi connectivity index (χ0) is 22.7. The second-order valence-corrected chi connectivity index (χ2v) is 7.55. The summed E-state index contributed by atoms with van der Waals surface area (Å²) < 4.78 is 11.2. The molecule has 0 saturated heterocycles. The Morgan fingerprint density at radius 3 is 2.41 bits per heavy atom. The average Bonchev–Trinajstić information content (AvgIpc) is 2.79. The topological polar surface area (TPSA) is 85.6 Å². The fraction of sp³-hybridized carbons (Fsp3) is 0.0800. The van der Waals surface area contributed by atoms with E-state index in [-0.39, 0.29) is 23.7 Å². The number of amides is 1. The molecule has 0 bridgehead atoms. The lowest BCUT2D eigenvalue weighted by Crippen LogP contribution is -2.20. The van der Waals surface area contributed by atoms with Crippen LogP contribution in [0.2, 0.25) is 5.02 Å². The summed E-state index contributed by atoms with van der Waals surface area (Å²) in [6.07, 6.45) is 1.40. The number of hydrogen-bond donors (Lipinski definition) is 1. The number of anilines is 1. The van der Waals surface area contributed by atoms with Crippen LogP contribution < -0.4 is 15.5 Å². The number of rotatable bonds is 6. The van der Waals surface area contributed by atoms with Crippen molar-refractivity contribution in [1.82, 2.24) is 0 Å². The van der Waals surface area contributed by atoms with Crippen molar-refractivity contribution in [3.8, 4) is 16.9 Å². The van der Waals surface area contributed by atoms with Crippen molar-refractivity contribution in [2.24, 2.45) is 0 Å². The molecule has 4 rings (SSSR count). The first-order valence-electron chi connectivity index (χ1n) is 9.76. The number of fused-ring (bicyclic) bond motifs is 1. The van der Waals surface area contributed by atoms with Crippen LogP contribution in [-0.2, 0) is 4.79 Å². The molecule has 3 aromatic carbocycles. The minimum absolute atomic E-state index is 0.0468. The Bertz CT molecular complexity index is 1360. The van der Waals surface area contributed by atoms with Crippen LogP contribution in [0.25, 0.3) is 22.1 Å². The first-order chi connectivity index (χ1) is 15.4. The molecule has 160 valence electrons. The molecule has 0 atom stereocenters. The number of benzene rings is 3. The van der Waals surface area contributed by atoms with Crippen molar-refractivity contribution in [2.45, 2.75) is 6.92 Å². The van der Waals surface area contributed by atoms with Gasteiger partial charge in [0.05, 0.1) is 10.9 Å². The van der Waals surface area contributed by atoms with Gasteiger partial charge in [0.25, 0.3) is 5.91 Å². The van der Waals surface area contributed by atoms with E-state index in [0.717, 1.165) is 0 Å². The Kier molecular flexibility index (Phi) is 6.05. The van der Waals surface area contributed by atoms with E-state index in [1.165, 1.54) is 13.2 Å². The van der Waals surface area contributed by atoms with Crippen LogP contribution in [0.4, 0.5) is 5.69 Å². The molecule has 1 aromatic heterocycles. The lowest BCUT2D eigenvalue weighted by molar-refractivity contribution is -0.118. The monoisotopic (exact) mass is 447 g/mol. The van der Waals surface area contributed by atoms with E-state index in [1.807, 2.05) is 0 Å². The van der Waals surface area contributed by atoms with Gasteiger partial charge in [-0.05, 0) is 61.0 Å². The van der Waals surface area contributed by atoms with E-state index in [1.54, 1.807) is 66.7 Å². The Hall–Kier alpha value is -3.90. The number of hydrogen-bond acceptors (Lipinski definition) is 5. The molecular formula is C25H18ClNO5. The summed E-state index contributed by atoms with van der Waals surface area (Å²) in [7, 11) is 0. The van der Waals surface area contributed by atoms with E-state index in [9.17, 15) is 14.4 Å². The molecule has 0 radical (unpaired) electrons. The molecule has 0 spiro atoms. The van der Waals surface area contributed by atoms with E-state index < -0.39 is 0 Å². The van der Waals surface area contributed by atoms with Gasteiger partial charge >= 0.3 is 0 Å². The maximum absolute atomic E-state index is 12.8. The van der Waals surface area contributed by atoms with Crippen molar-refractivity contribution < 1.29 is 18.7 Å². The maximum Gasteiger partial charge on any atom is 0.262 e. The molecule has 32 heavy (non-hydrogen) atoms. The van der Waals surface area contributed by atoms with Gasteiger partial charge in [0.1, 0.15) is 17.6 Å². The highest BCUT2D eigenvalue weighted by atomic mass is 35.5. The van der Waals surface area contributed by atoms with Crippen LogP contribution in [0.1, 0.15) is 17.3 Å². The molecule has 0 fully saturated rings. The highest BCUT2D eigenvalue weighted by molar-refractivity contribution is 6.30. The highest BCUT2D eigenvalue weighted by Crippen LogP contribution is 2.24. The van der Waals surface area contributed by atoms with Gasteiger partial charge in [-0.25, -0.2) is 0 Å². The minimum atomic E-state index is -0.361. The van der Waals surface area contributed by atoms with Crippen molar-refractivity contribution in [3.63, 3.8) is 0 Å². The smallest absolute Gasteiger partial charge is 0.262 e. The van der Waals surface area contributed by atoms with Crippen molar-refractivity contribution in [2.75, 3.05) is 11.9 Å². The largest absolute Gasteiger partial charge is 0.484 e. The third-order valence-electron chi connectivity index (χ3n) is 4.85. The molecule has 4 aromatic rings. The zero-order valence-corrected chi connectivity index (χ0v) is 17.8. The molecular weight excluding hydrogens is 430 g/mol. The summed E-state index contributed by atoms with van der Waals surface area (Å²) in [5.74, 6) is -0.0170. The van der Waals surface area contributed by atoms with Crippen molar-refractivity contribution in [3.05, 3.63) is 93.8 Å². The summed E-state index contributed by atoms with van der Waals surface area (Å²) in [5, 5.41) is 3.68. The molecule has 1 N–H and O–H groups in total. The van der Waals surface area contributed by atoms with Gasteiger partial charge in [0.2, 0.25) is 0 Å². The summed E-state index contributed by atoms with van der Waals surface area (Å²) >= 11 is 5.91. The normalized spacial score (nSPS) is 10.7. The highest BCUT2D eigenvalue weighted by Gasteiger charge is 2.11. The lowest BCUT2D eigenvalue weighted by atomic mass is 10.1. The van der Waals surface area contributed by atoms with E-state index in [2.05, 4.69) is 5.32 Å². The van der Waals surface area contributed by atoms with Gasteiger partial charge in [0.15, 0.2) is 17.8 Å². The van der Waals surface area contributed by atoms with Gasteiger partial charge in [-0.3, -0.25) is 14.4 Å². The third-order valence-corrected chi connectivity index (χ3v) is 5.10. The van der Waals surface area contributed by atoms with E-state index in [4.69, 9.17) is 20.8 Å². The Labute approximate surface area is 188 Å². The second-order valence-electron chi connectivity index (χ2n) is 7.11. The van der Waals surface area contributed by atoms with Crippen LogP contribution in [0.3, 0.4) is 0 Å². The van der Waals surface area contributed by atoms with Gasteiger partial charge in [-0.15, -0.1) is 0 Å². The molecule has 1 amide bonds. The van der Waals surface area contributed by atoms with Crippen LogP contribution in [0.5, 0.6) is 5.75 Å². The standard InChI is InChI=1S/C25H18ClNO5/c1-15(28)16-4-8-19(9-5-16)27-24(29)14-31-20-10-11-21-23(12-20)32-13-22(25(21)30)17-2-6-18(26)7-3-17/h2-13H,14H2,1H3,(H,27,29). The Morgan fingerprint density at radius 1 is 1.00 bits per heavy atom. The van der Waals surface area contributed by atoms with Gasteiger partial charge in [0, 0.05) is 22.3 Å². The zero-order valence-electron chi connectivity index (χ0n) is 17.1. The SMILES string of the molecule is CC(=O)c1ccc(NC(=O)COc2ccc3c(=O)c(-c4ccc(Cl)cc4)coc3c2)cc1. The van der Waals surface area contributed by atoms with Gasteiger partial charge < -0.3 is 14.5 Å². The second kappa shape index (κ2) is 9.08. The number of Topliss-reactive ketones (excluding diaryl/α,β-unsaturated/α-hetero) is 1. The van der Waals surface area contributed by atoms with E-state index in [0.29, 0.717) is 44.1 Å². The minimum Gasteiger partial charge on any atom is -0.484 e. The molecule has 0 aliphatic carbocycles. The fourth-order valence-corrected chi connectivity index (χ4v) is 3.29. The quantitative estimate of drug-likeness (QED) is 0.403. The number of ether oxygens (including phenoxy) is 1. The van der Waals surface area contributed by atoms with Crippen LogP contribution in [-0.4, -0.2) is 18.3 Å². The molecule has 0 aliphatic rings. The molecule has 0 saturated carbocycles. The van der Waals surface area contributed by atoms with E-state index >= 15 is 0 Å². The summed E-state index contributed by atoms with van der Waals surface area (Å²) in [5.41, 5.74) is 2.44. The van der Waals surface area contributed by atoms with Gasteiger partial charge in [-0.1, -0.05) is 23.7 Å². The summed E-state index contributed by atoms with van der Waals surface area (Å²) in [6.45, 7) is 1.25. The lowest BCUT2D eigenvalue weighted by Gasteiger charge is -2.09. The number of carbonyl (C=O) groups excluding carboxylic acids is 2. The third kappa shape index (κ3) is 4.71. The van der Waals surface area contributed by atoms with Crippen molar-refractivity contribution >= 4 is 39.9 Å². The summed E-state index contributed by atoms with van der Waals surface area (Å²) in [6, 6.07) is 18.3. The Balaban J connectivity index is 1.45. The molecule has 7 heteroatoms. The average molecular weight is 448 g/mol. The number of nitrogens with one attached hydrogen (secondary N) is 1. The van der Waals surface area contributed by atoms with Crippen LogP contribution >= 0.6 is 11.6 Å². The number of ketones is 1. The van der Waals surface area contributed by atoms with Gasteiger partial charge in [-0.2, -0.15) is 0 Å². The molecule has 6 nitrogen and oxygen atoms in total. The maximum atomic E-state index is 12.8. The number of carbonyl (C=O) groups is 2. The summed E-state index contributed by atoms with van der Waals surface area (Å²) in [4.78, 5) is 36.3.